The van der Waals surface area contributed by atoms with Crippen molar-refractivity contribution in [2.45, 2.75) is 12.8 Å². The number of primary amides is 1. The Hall–Kier alpha value is -3.68. The molecular weight excluding hydrogens is 386 g/mol. The molecule has 3 N–H and O–H groups in total. The fourth-order valence-corrected chi connectivity index (χ4v) is 3.22. The van der Waals surface area contributed by atoms with Crippen LogP contribution in [0.3, 0.4) is 0 Å². The van der Waals surface area contributed by atoms with Gasteiger partial charge in [-0.05, 0) is 36.2 Å². The molecule has 0 spiro atoms. The summed E-state index contributed by atoms with van der Waals surface area (Å²) >= 11 is 0. The maximum atomic E-state index is 12.3. The first-order chi connectivity index (χ1) is 14.4. The van der Waals surface area contributed by atoms with Gasteiger partial charge in [-0.15, -0.1) is 0 Å². The molecule has 0 aliphatic carbocycles. The van der Waals surface area contributed by atoms with Crippen LogP contribution < -0.4 is 11.1 Å². The zero-order chi connectivity index (χ0) is 21.5. The van der Waals surface area contributed by atoms with E-state index in [2.05, 4.69) is 5.32 Å². The second kappa shape index (κ2) is 9.69. The smallest absolute Gasteiger partial charge is 0.311 e. The lowest BCUT2D eigenvalue weighted by Crippen LogP contribution is -2.29. The molecule has 0 bridgehead atoms. The van der Waals surface area contributed by atoms with Crippen LogP contribution in [0.1, 0.15) is 22.3 Å². The number of nitrogens with zero attached hydrogens (tertiary/aromatic N) is 1. The number of esters is 1. The number of benzene rings is 2. The van der Waals surface area contributed by atoms with E-state index in [0.29, 0.717) is 30.8 Å². The number of anilines is 1. The topological polar surface area (TPSA) is 119 Å². The first-order valence-corrected chi connectivity index (χ1v) is 9.60. The van der Waals surface area contributed by atoms with Crippen molar-refractivity contribution >= 4 is 29.4 Å². The van der Waals surface area contributed by atoms with Gasteiger partial charge < -0.3 is 20.7 Å². The maximum absolute atomic E-state index is 12.3. The molecule has 156 valence electrons. The van der Waals surface area contributed by atoms with Gasteiger partial charge in [0.15, 0.2) is 6.61 Å². The summed E-state index contributed by atoms with van der Waals surface area (Å²) in [6, 6.07) is 15.8. The molecule has 1 aliphatic heterocycles. The molecule has 8 nitrogen and oxygen atoms in total. The fraction of sp³-hybridized carbons (Fsp3) is 0.273. The lowest BCUT2D eigenvalue weighted by atomic mass is 10.1. The number of hydrogen-bond donors (Lipinski definition) is 2. The monoisotopic (exact) mass is 409 g/mol. The summed E-state index contributed by atoms with van der Waals surface area (Å²) in [6.07, 6.45) is 0.801. The molecule has 2 aromatic carbocycles. The summed E-state index contributed by atoms with van der Waals surface area (Å²) in [5.74, 6) is -2.31. The van der Waals surface area contributed by atoms with Gasteiger partial charge in [-0.3, -0.25) is 19.2 Å². The Labute approximate surface area is 174 Å². The lowest BCUT2D eigenvalue weighted by molar-refractivity contribution is -0.151. The Kier molecular flexibility index (Phi) is 6.79. The van der Waals surface area contributed by atoms with Gasteiger partial charge >= 0.3 is 5.97 Å². The van der Waals surface area contributed by atoms with Gasteiger partial charge in [-0.2, -0.15) is 0 Å². The third-order valence-electron chi connectivity index (χ3n) is 4.86. The standard InChI is InChI=1S/C22H23N3O5/c23-21(28)16-6-8-18(9-7-16)24-19(26)14-30-22(29)17-12-20(27)25(13-17)11-10-15-4-2-1-3-5-15/h1-9,17H,10-14H2,(H2,23,28)(H,24,26)/t17-/m0/s1. The molecule has 8 heteroatoms. The van der Waals surface area contributed by atoms with E-state index in [0.717, 1.165) is 5.56 Å². The summed E-state index contributed by atoms with van der Waals surface area (Å²) in [6.45, 7) is 0.375. The predicted molar refractivity (Wildman–Crippen MR) is 109 cm³/mol. The van der Waals surface area contributed by atoms with Crippen LogP contribution in [0.5, 0.6) is 0 Å². The molecule has 0 saturated carbocycles. The number of carbonyl (C=O) groups is 4. The van der Waals surface area contributed by atoms with Crippen molar-refractivity contribution in [1.82, 2.24) is 4.90 Å². The summed E-state index contributed by atoms with van der Waals surface area (Å²) in [5.41, 5.74) is 7.05. The number of ether oxygens (including phenoxy) is 1. The number of likely N-dealkylation sites (tertiary alicyclic amines) is 1. The number of amides is 3. The molecule has 1 heterocycles. The van der Waals surface area contributed by atoms with Crippen LogP contribution in [-0.2, 0) is 25.5 Å². The first kappa shape index (κ1) is 21.0. The minimum Gasteiger partial charge on any atom is -0.455 e. The van der Waals surface area contributed by atoms with E-state index in [1.165, 1.54) is 24.3 Å². The van der Waals surface area contributed by atoms with E-state index in [1.54, 1.807) is 4.90 Å². The van der Waals surface area contributed by atoms with Gasteiger partial charge in [0.2, 0.25) is 11.8 Å². The van der Waals surface area contributed by atoms with Gasteiger partial charge in [-0.1, -0.05) is 30.3 Å². The van der Waals surface area contributed by atoms with Crippen LogP contribution in [0.25, 0.3) is 0 Å². The fourth-order valence-electron chi connectivity index (χ4n) is 3.22. The predicted octanol–water partition coefficient (Wildman–Crippen LogP) is 1.36. The van der Waals surface area contributed by atoms with Crippen LogP contribution in [0.2, 0.25) is 0 Å². The molecule has 1 atom stereocenters. The highest BCUT2D eigenvalue weighted by atomic mass is 16.5. The number of carbonyl (C=O) groups excluding carboxylic acids is 4. The van der Waals surface area contributed by atoms with Gasteiger partial charge in [0.05, 0.1) is 5.92 Å². The lowest BCUT2D eigenvalue weighted by Gasteiger charge is -2.16. The van der Waals surface area contributed by atoms with Crippen molar-refractivity contribution < 1.29 is 23.9 Å². The van der Waals surface area contributed by atoms with Gasteiger partial charge in [0.1, 0.15) is 0 Å². The normalized spacial score (nSPS) is 15.7. The van der Waals surface area contributed by atoms with Crippen molar-refractivity contribution in [3.63, 3.8) is 0 Å². The number of nitrogens with two attached hydrogens (primary N) is 1. The van der Waals surface area contributed by atoms with Crippen molar-refractivity contribution in [2.75, 3.05) is 25.0 Å². The average Bonchev–Trinajstić information content (AvgIpc) is 3.12. The summed E-state index contributed by atoms with van der Waals surface area (Å²) in [5, 5.41) is 2.56. The second-order valence-corrected chi connectivity index (χ2v) is 7.07. The van der Waals surface area contributed by atoms with Gasteiger partial charge in [0, 0.05) is 30.8 Å². The number of nitrogens with one attached hydrogen (secondary N) is 1. The molecule has 30 heavy (non-hydrogen) atoms. The zero-order valence-electron chi connectivity index (χ0n) is 16.4. The Morgan fingerprint density at radius 3 is 2.43 bits per heavy atom. The Morgan fingerprint density at radius 2 is 1.77 bits per heavy atom. The quantitative estimate of drug-likeness (QED) is 0.638. The minimum absolute atomic E-state index is 0.0871. The van der Waals surface area contributed by atoms with E-state index in [9.17, 15) is 19.2 Å². The van der Waals surface area contributed by atoms with Crippen LogP contribution in [-0.4, -0.2) is 48.3 Å². The highest BCUT2D eigenvalue weighted by Gasteiger charge is 2.35. The third-order valence-corrected chi connectivity index (χ3v) is 4.86. The summed E-state index contributed by atoms with van der Waals surface area (Å²) < 4.78 is 5.08. The average molecular weight is 409 g/mol. The third kappa shape index (κ3) is 5.66. The molecule has 1 fully saturated rings. The SMILES string of the molecule is NC(=O)c1ccc(NC(=O)COC(=O)[C@H]2CC(=O)N(CCc3ccccc3)C2)cc1. The largest absolute Gasteiger partial charge is 0.455 e. The van der Waals surface area contributed by atoms with E-state index in [-0.39, 0.29) is 12.3 Å². The van der Waals surface area contributed by atoms with E-state index < -0.39 is 30.3 Å². The van der Waals surface area contributed by atoms with Crippen LogP contribution in [0, 0.1) is 5.92 Å². The van der Waals surface area contributed by atoms with Crippen molar-refractivity contribution in [3.8, 4) is 0 Å². The Balaban J connectivity index is 1.42. The summed E-state index contributed by atoms with van der Waals surface area (Å²) in [4.78, 5) is 49.1. The molecule has 2 aromatic rings. The maximum Gasteiger partial charge on any atom is 0.311 e. The van der Waals surface area contributed by atoms with E-state index >= 15 is 0 Å². The van der Waals surface area contributed by atoms with Crippen molar-refractivity contribution in [2.24, 2.45) is 11.7 Å². The minimum atomic E-state index is -0.573. The number of rotatable bonds is 8. The zero-order valence-corrected chi connectivity index (χ0v) is 16.4. The van der Waals surface area contributed by atoms with E-state index in [1.807, 2.05) is 30.3 Å². The van der Waals surface area contributed by atoms with Crippen LogP contribution in [0.15, 0.2) is 54.6 Å². The highest BCUT2D eigenvalue weighted by molar-refractivity contribution is 5.96. The molecule has 0 radical (unpaired) electrons. The molecular formula is C22H23N3O5. The second-order valence-electron chi connectivity index (χ2n) is 7.07. The molecule has 3 rings (SSSR count). The van der Waals surface area contributed by atoms with E-state index in [4.69, 9.17) is 10.5 Å². The highest BCUT2D eigenvalue weighted by Crippen LogP contribution is 2.20. The molecule has 0 aromatic heterocycles. The number of hydrogen-bond acceptors (Lipinski definition) is 5. The van der Waals surface area contributed by atoms with Gasteiger partial charge in [-0.25, -0.2) is 0 Å². The Bertz CT molecular complexity index is 928. The van der Waals surface area contributed by atoms with Crippen LogP contribution >= 0.6 is 0 Å². The van der Waals surface area contributed by atoms with Crippen molar-refractivity contribution in [1.29, 1.82) is 0 Å². The van der Waals surface area contributed by atoms with Gasteiger partial charge in [0.25, 0.3) is 5.91 Å². The molecule has 3 amide bonds. The molecule has 1 aliphatic rings. The molecule has 1 saturated heterocycles. The van der Waals surface area contributed by atoms with Crippen LogP contribution in [0.4, 0.5) is 5.69 Å². The Morgan fingerprint density at radius 1 is 1.07 bits per heavy atom. The van der Waals surface area contributed by atoms with Crippen molar-refractivity contribution in [3.05, 3.63) is 65.7 Å². The molecule has 0 unspecified atom stereocenters. The first-order valence-electron chi connectivity index (χ1n) is 9.60. The summed E-state index contributed by atoms with van der Waals surface area (Å²) in [7, 11) is 0.